The second-order valence-electron chi connectivity index (χ2n) is 7.64. The van der Waals surface area contributed by atoms with Crippen LogP contribution in [-0.2, 0) is 11.3 Å². The van der Waals surface area contributed by atoms with Gasteiger partial charge in [0, 0.05) is 61.8 Å². The Balaban J connectivity index is 1.24. The van der Waals surface area contributed by atoms with Gasteiger partial charge in [-0.3, -0.25) is 14.6 Å². The van der Waals surface area contributed by atoms with Crippen LogP contribution < -0.4 is 0 Å². The van der Waals surface area contributed by atoms with E-state index < -0.39 is 0 Å². The van der Waals surface area contributed by atoms with E-state index in [1.54, 1.807) is 11.3 Å². The summed E-state index contributed by atoms with van der Waals surface area (Å²) < 4.78 is 0. The van der Waals surface area contributed by atoms with E-state index in [1.165, 1.54) is 6.42 Å². The molecule has 4 rings (SSSR count). The summed E-state index contributed by atoms with van der Waals surface area (Å²) in [4.78, 5) is 24.0. The summed E-state index contributed by atoms with van der Waals surface area (Å²) in [5.41, 5.74) is 2.23. The zero-order chi connectivity index (χ0) is 19.3. The number of hydrogen-bond donors (Lipinski definition) is 0. The van der Waals surface area contributed by atoms with E-state index in [2.05, 4.69) is 15.2 Å². The van der Waals surface area contributed by atoms with Crippen LogP contribution in [0.4, 0.5) is 0 Å². The Kier molecular flexibility index (Phi) is 6.62. The van der Waals surface area contributed by atoms with Crippen molar-refractivity contribution in [2.24, 2.45) is 0 Å². The van der Waals surface area contributed by atoms with Gasteiger partial charge in [-0.2, -0.15) is 0 Å². The highest BCUT2D eigenvalue weighted by Gasteiger charge is 2.23. The second kappa shape index (κ2) is 9.35. The smallest absolute Gasteiger partial charge is 0.236 e. The van der Waals surface area contributed by atoms with Gasteiger partial charge in [0.15, 0.2) is 0 Å². The molecule has 2 aliphatic rings. The average Bonchev–Trinajstić information content (AvgIpc) is 3.19. The molecule has 0 aliphatic carbocycles. The fourth-order valence-corrected chi connectivity index (χ4v) is 4.82. The molecule has 0 saturated carbocycles. The van der Waals surface area contributed by atoms with E-state index >= 15 is 0 Å². The Labute approximate surface area is 175 Å². The van der Waals surface area contributed by atoms with Gasteiger partial charge in [-0.25, -0.2) is 4.98 Å². The minimum Gasteiger partial charge on any atom is -0.342 e. The minimum atomic E-state index is 0.306. The second-order valence-corrected chi connectivity index (χ2v) is 8.94. The van der Waals surface area contributed by atoms with Gasteiger partial charge in [0.2, 0.25) is 5.91 Å². The highest BCUT2D eigenvalue weighted by Crippen LogP contribution is 2.25. The first-order valence-corrected chi connectivity index (χ1v) is 11.4. The molecule has 0 bridgehead atoms. The predicted octanol–water partition coefficient (Wildman–Crippen LogP) is 3.59. The molecule has 1 aromatic heterocycles. The lowest BCUT2D eigenvalue weighted by Gasteiger charge is -2.35. The number of aromatic nitrogens is 1. The first kappa shape index (κ1) is 19.8. The lowest BCUT2D eigenvalue weighted by atomic mass is 10.1. The summed E-state index contributed by atoms with van der Waals surface area (Å²) in [7, 11) is 0. The highest BCUT2D eigenvalue weighted by atomic mass is 35.5. The van der Waals surface area contributed by atoms with Crippen molar-refractivity contribution in [3.05, 3.63) is 40.4 Å². The van der Waals surface area contributed by atoms with Crippen molar-refractivity contribution < 1.29 is 4.79 Å². The number of hydrogen-bond acceptors (Lipinski definition) is 5. The van der Waals surface area contributed by atoms with Gasteiger partial charge in [-0.1, -0.05) is 23.7 Å². The van der Waals surface area contributed by atoms with Crippen LogP contribution in [0.5, 0.6) is 0 Å². The molecule has 150 valence electrons. The molecule has 28 heavy (non-hydrogen) atoms. The van der Waals surface area contributed by atoms with Crippen molar-refractivity contribution in [2.45, 2.75) is 25.8 Å². The molecule has 0 N–H and O–H groups in total. The predicted molar refractivity (Wildman–Crippen MR) is 115 cm³/mol. The largest absolute Gasteiger partial charge is 0.342 e. The number of likely N-dealkylation sites (tertiary alicyclic amines) is 1. The summed E-state index contributed by atoms with van der Waals surface area (Å²) in [6.45, 7) is 7.21. The zero-order valence-corrected chi connectivity index (χ0v) is 17.7. The van der Waals surface area contributed by atoms with Gasteiger partial charge < -0.3 is 4.90 Å². The number of benzene rings is 1. The topological polar surface area (TPSA) is 39.7 Å². The van der Waals surface area contributed by atoms with Crippen LogP contribution in [0.3, 0.4) is 0 Å². The molecule has 2 aromatic rings. The van der Waals surface area contributed by atoms with Crippen LogP contribution in [0.2, 0.25) is 5.02 Å². The third-order valence-corrected chi connectivity index (χ3v) is 6.75. The molecular formula is C21H27ClN4OS. The van der Waals surface area contributed by atoms with E-state index in [0.717, 1.165) is 79.9 Å². The Morgan fingerprint density at radius 1 is 0.964 bits per heavy atom. The third kappa shape index (κ3) is 5.11. The van der Waals surface area contributed by atoms with Crippen LogP contribution >= 0.6 is 22.9 Å². The third-order valence-electron chi connectivity index (χ3n) is 5.56. The van der Waals surface area contributed by atoms with Crippen molar-refractivity contribution in [3.63, 3.8) is 0 Å². The molecular weight excluding hydrogens is 392 g/mol. The number of rotatable bonds is 5. The minimum absolute atomic E-state index is 0.306. The Morgan fingerprint density at radius 2 is 1.64 bits per heavy atom. The van der Waals surface area contributed by atoms with Crippen molar-refractivity contribution in [2.75, 3.05) is 45.8 Å². The lowest BCUT2D eigenvalue weighted by Crippen LogP contribution is -2.50. The Morgan fingerprint density at radius 3 is 2.36 bits per heavy atom. The number of thiazole rings is 1. The Bertz CT molecular complexity index is 780. The van der Waals surface area contributed by atoms with Gasteiger partial charge in [0.25, 0.3) is 0 Å². The molecule has 2 saturated heterocycles. The molecule has 0 spiro atoms. The van der Waals surface area contributed by atoms with Crippen molar-refractivity contribution in [1.29, 1.82) is 0 Å². The maximum atomic E-state index is 12.5. The molecule has 2 fully saturated rings. The average molecular weight is 419 g/mol. The number of piperazine rings is 1. The normalized spacial score (nSPS) is 19.1. The molecule has 0 radical (unpaired) electrons. The summed E-state index contributed by atoms with van der Waals surface area (Å²) in [5.74, 6) is 0.306. The Hall–Kier alpha value is -1.47. The number of halogens is 1. The number of piperidine rings is 1. The molecule has 2 aliphatic heterocycles. The summed E-state index contributed by atoms with van der Waals surface area (Å²) in [5, 5.41) is 3.94. The van der Waals surface area contributed by atoms with Gasteiger partial charge >= 0.3 is 0 Å². The van der Waals surface area contributed by atoms with E-state index in [9.17, 15) is 4.79 Å². The maximum Gasteiger partial charge on any atom is 0.236 e. The first-order chi connectivity index (χ1) is 13.7. The number of carbonyl (C=O) groups excluding carboxylic acids is 1. The standard InChI is InChI=1S/C21H27ClN4OS/c22-18-6-4-17(5-7-18)21-23-19(16-28-21)14-24-10-12-25(13-11-24)15-20(27)26-8-2-1-3-9-26/h4-7,16H,1-3,8-15H2. The SMILES string of the molecule is O=C(CN1CCN(Cc2csc(-c3ccc(Cl)cc3)n2)CC1)N1CCCCC1. The zero-order valence-electron chi connectivity index (χ0n) is 16.1. The van der Waals surface area contributed by atoms with Crippen LogP contribution in [0, 0.1) is 0 Å². The molecule has 1 aromatic carbocycles. The van der Waals surface area contributed by atoms with Crippen LogP contribution in [0.25, 0.3) is 10.6 Å². The quantitative estimate of drug-likeness (QED) is 0.743. The number of amides is 1. The first-order valence-electron chi connectivity index (χ1n) is 10.1. The molecule has 0 unspecified atom stereocenters. The van der Waals surface area contributed by atoms with E-state index in [-0.39, 0.29) is 0 Å². The highest BCUT2D eigenvalue weighted by molar-refractivity contribution is 7.13. The van der Waals surface area contributed by atoms with E-state index in [4.69, 9.17) is 16.6 Å². The molecule has 7 heteroatoms. The molecule has 3 heterocycles. The van der Waals surface area contributed by atoms with Crippen molar-refractivity contribution >= 4 is 28.8 Å². The van der Waals surface area contributed by atoms with Crippen molar-refractivity contribution in [1.82, 2.24) is 19.7 Å². The lowest BCUT2D eigenvalue weighted by molar-refractivity contribution is -0.133. The monoisotopic (exact) mass is 418 g/mol. The fourth-order valence-electron chi connectivity index (χ4n) is 3.87. The van der Waals surface area contributed by atoms with Crippen LogP contribution in [0.1, 0.15) is 25.0 Å². The van der Waals surface area contributed by atoms with Crippen molar-refractivity contribution in [3.8, 4) is 10.6 Å². The number of carbonyl (C=O) groups is 1. The summed E-state index contributed by atoms with van der Waals surface area (Å²) >= 11 is 7.65. The van der Waals surface area contributed by atoms with Crippen LogP contribution in [-0.4, -0.2) is 71.4 Å². The molecule has 1 amide bonds. The van der Waals surface area contributed by atoms with Crippen LogP contribution in [0.15, 0.2) is 29.6 Å². The van der Waals surface area contributed by atoms with Gasteiger partial charge in [0.1, 0.15) is 5.01 Å². The summed E-state index contributed by atoms with van der Waals surface area (Å²) in [6.07, 6.45) is 3.58. The van der Waals surface area contributed by atoms with E-state index in [1.807, 2.05) is 29.2 Å². The maximum absolute atomic E-state index is 12.5. The van der Waals surface area contributed by atoms with E-state index in [0.29, 0.717) is 12.5 Å². The number of nitrogens with zero attached hydrogens (tertiary/aromatic N) is 4. The fraction of sp³-hybridized carbons (Fsp3) is 0.524. The van der Waals surface area contributed by atoms with Gasteiger partial charge in [-0.05, 0) is 31.4 Å². The molecule has 0 atom stereocenters. The van der Waals surface area contributed by atoms with Gasteiger partial charge in [-0.15, -0.1) is 11.3 Å². The summed E-state index contributed by atoms with van der Waals surface area (Å²) in [6, 6.07) is 7.84. The van der Waals surface area contributed by atoms with Gasteiger partial charge in [0.05, 0.1) is 12.2 Å². The molecule has 5 nitrogen and oxygen atoms in total.